The molecule has 0 spiro atoms. The number of ether oxygens (including phenoxy) is 3. The molecule has 0 bridgehead atoms. The average Bonchev–Trinajstić information content (AvgIpc) is 2.69. The van der Waals surface area contributed by atoms with E-state index in [-0.39, 0.29) is 23.9 Å². The zero-order chi connectivity index (χ0) is 18.5. The Labute approximate surface area is 152 Å². The topological polar surface area (TPSA) is 106 Å². The molecule has 144 valence electrons. The summed E-state index contributed by atoms with van der Waals surface area (Å²) >= 11 is 0. The van der Waals surface area contributed by atoms with Crippen LogP contribution in [-0.2, 0) is 9.53 Å². The molecule has 2 aliphatic rings. The minimum atomic E-state index is -0.583. The number of carbonyl (C=O) groups is 1. The molecular formula is C17H26N4O5. The Hall–Kier alpha value is -2.13. The van der Waals surface area contributed by atoms with E-state index in [1.165, 1.54) is 14.2 Å². The Bertz CT molecular complexity index is 601. The van der Waals surface area contributed by atoms with Crippen LogP contribution in [0.3, 0.4) is 0 Å². The summed E-state index contributed by atoms with van der Waals surface area (Å²) in [6.45, 7) is 2.30. The van der Waals surface area contributed by atoms with Crippen molar-refractivity contribution in [2.75, 3.05) is 45.4 Å². The number of hydrogen-bond donors (Lipinski definition) is 2. The molecule has 0 aliphatic carbocycles. The van der Waals surface area contributed by atoms with E-state index in [4.69, 9.17) is 14.2 Å². The first kappa shape index (κ1) is 18.7. The number of methoxy groups -OCH3 is 2. The zero-order valence-electron chi connectivity index (χ0n) is 15.2. The highest BCUT2D eigenvalue weighted by molar-refractivity contribution is 5.79. The summed E-state index contributed by atoms with van der Waals surface area (Å²) in [6.07, 6.45) is 1.39. The molecule has 0 saturated carbocycles. The largest absolute Gasteiger partial charge is 0.481 e. The molecule has 1 aromatic rings. The van der Waals surface area contributed by atoms with Gasteiger partial charge in [-0.3, -0.25) is 4.79 Å². The second-order valence-corrected chi connectivity index (χ2v) is 6.56. The maximum absolute atomic E-state index is 12.5. The van der Waals surface area contributed by atoms with E-state index in [1.807, 2.05) is 4.90 Å². The van der Waals surface area contributed by atoms with E-state index in [0.29, 0.717) is 44.4 Å². The van der Waals surface area contributed by atoms with Crippen molar-refractivity contribution < 1.29 is 24.1 Å². The molecule has 3 rings (SSSR count). The van der Waals surface area contributed by atoms with Crippen LogP contribution in [0, 0.1) is 5.92 Å². The predicted octanol–water partition coefficient (Wildman–Crippen LogP) is -0.0238. The Balaban J connectivity index is 1.68. The molecule has 9 nitrogen and oxygen atoms in total. The standard InChI is InChI=1S/C17H26N4O5/c1-24-15-9-14(19-17(20-15)25-2)21-6-3-13(22)12(10-21)18-16(23)11-4-7-26-8-5-11/h9,11-13,22H,3-8,10H2,1-2H3,(H,18,23)/t12-,13+/m1/s1. The van der Waals surface area contributed by atoms with Crippen LogP contribution in [-0.4, -0.2) is 73.7 Å². The van der Waals surface area contributed by atoms with E-state index in [9.17, 15) is 9.90 Å². The van der Waals surface area contributed by atoms with Gasteiger partial charge >= 0.3 is 6.01 Å². The molecule has 26 heavy (non-hydrogen) atoms. The minimum Gasteiger partial charge on any atom is -0.481 e. The van der Waals surface area contributed by atoms with Gasteiger partial charge in [0, 0.05) is 38.3 Å². The van der Waals surface area contributed by atoms with E-state index in [1.54, 1.807) is 6.07 Å². The third-order valence-electron chi connectivity index (χ3n) is 4.88. The maximum Gasteiger partial charge on any atom is 0.321 e. The number of amides is 1. The molecule has 2 N–H and O–H groups in total. The normalized spacial score (nSPS) is 24.2. The van der Waals surface area contributed by atoms with Gasteiger partial charge in [-0.1, -0.05) is 0 Å². The number of nitrogens with one attached hydrogen (secondary N) is 1. The van der Waals surface area contributed by atoms with E-state index >= 15 is 0 Å². The molecule has 0 aromatic carbocycles. The lowest BCUT2D eigenvalue weighted by Gasteiger charge is -2.38. The molecule has 3 heterocycles. The highest BCUT2D eigenvalue weighted by atomic mass is 16.5. The molecule has 9 heteroatoms. The summed E-state index contributed by atoms with van der Waals surface area (Å²) in [5, 5.41) is 13.3. The highest BCUT2D eigenvalue weighted by Gasteiger charge is 2.32. The molecule has 0 radical (unpaired) electrons. The fourth-order valence-corrected chi connectivity index (χ4v) is 3.30. The van der Waals surface area contributed by atoms with Gasteiger partial charge in [0.15, 0.2) is 0 Å². The molecule has 2 aliphatic heterocycles. The smallest absolute Gasteiger partial charge is 0.321 e. The lowest BCUT2D eigenvalue weighted by molar-refractivity contribution is -0.129. The third-order valence-corrected chi connectivity index (χ3v) is 4.88. The SMILES string of the molecule is COc1cc(N2CC[C@H](O)[C@H](NC(=O)C3CCOCC3)C2)nc(OC)n1. The number of rotatable bonds is 5. The number of aromatic nitrogens is 2. The van der Waals surface area contributed by atoms with E-state index in [0.717, 1.165) is 12.8 Å². The number of aliphatic hydroxyl groups is 1. The molecule has 2 atom stereocenters. The second-order valence-electron chi connectivity index (χ2n) is 6.56. The summed E-state index contributed by atoms with van der Waals surface area (Å²) in [6, 6.07) is 1.58. The van der Waals surface area contributed by atoms with Gasteiger partial charge < -0.3 is 29.5 Å². The second kappa shape index (κ2) is 8.50. The van der Waals surface area contributed by atoms with Gasteiger partial charge in [-0.15, -0.1) is 0 Å². The van der Waals surface area contributed by atoms with Gasteiger partial charge in [-0.25, -0.2) is 0 Å². The van der Waals surface area contributed by atoms with E-state index in [2.05, 4.69) is 15.3 Å². The van der Waals surface area contributed by atoms with Gasteiger partial charge in [0.1, 0.15) is 5.82 Å². The molecule has 2 saturated heterocycles. The minimum absolute atomic E-state index is 0.0166. The van der Waals surface area contributed by atoms with Crippen LogP contribution in [0.4, 0.5) is 5.82 Å². The van der Waals surface area contributed by atoms with Gasteiger partial charge in [-0.2, -0.15) is 9.97 Å². The number of aliphatic hydroxyl groups excluding tert-OH is 1. The fourth-order valence-electron chi connectivity index (χ4n) is 3.30. The van der Waals surface area contributed by atoms with Crippen LogP contribution in [0.1, 0.15) is 19.3 Å². The maximum atomic E-state index is 12.5. The van der Waals surface area contributed by atoms with Crippen molar-refractivity contribution in [2.24, 2.45) is 5.92 Å². The lowest BCUT2D eigenvalue weighted by atomic mass is 9.97. The van der Waals surface area contributed by atoms with Gasteiger partial charge in [0.2, 0.25) is 11.8 Å². The first-order chi connectivity index (χ1) is 12.6. The lowest BCUT2D eigenvalue weighted by Crippen LogP contribution is -2.56. The number of piperidine rings is 1. The quantitative estimate of drug-likeness (QED) is 0.749. The summed E-state index contributed by atoms with van der Waals surface area (Å²) in [5.74, 6) is 0.981. The van der Waals surface area contributed by atoms with Crippen molar-refractivity contribution in [3.8, 4) is 11.9 Å². The van der Waals surface area contributed by atoms with Crippen molar-refractivity contribution in [3.05, 3.63) is 6.07 Å². The summed E-state index contributed by atoms with van der Waals surface area (Å²) in [5.41, 5.74) is 0. The summed E-state index contributed by atoms with van der Waals surface area (Å²) in [7, 11) is 3.03. The first-order valence-electron chi connectivity index (χ1n) is 8.89. The highest BCUT2D eigenvalue weighted by Crippen LogP contribution is 2.24. The molecule has 0 unspecified atom stereocenters. The summed E-state index contributed by atoms with van der Waals surface area (Å²) < 4.78 is 15.6. The number of carbonyl (C=O) groups excluding carboxylic acids is 1. The van der Waals surface area contributed by atoms with Crippen molar-refractivity contribution in [1.82, 2.24) is 15.3 Å². The Morgan fingerprint density at radius 1 is 1.27 bits per heavy atom. The molecule has 2 fully saturated rings. The first-order valence-corrected chi connectivity index (χ1v) is 8.89. The van der Waals surface area contributed by atoms with Crippen molar-refractivity contribution in [1.29, 1.82) is 0 Å². The molecular weight excluding hydrogens is 340 g/mol. The van der Waals surface area contributed by atoms with Crippen LogP contribution in [0.2, 0.25) is 0 Å². The number of hydrogen-bond acceptors (Lipinski definition) is 8. The Kier molecular flexibility index (Phi) is 6.10. The van der Waals surface area contributed by atoms with Crippen molar-refractivity contribution in [3.63, 3.8) is 0 Å². The van der Waals surface area contributed by atoms with Crippen molar-refractivity contribution >= 4 is 11.7 Å². The van der Waals surface area contributed by atoms with Crippen LogP contribution < -0.4 is 19.7 Å². The van der Waals surface area contributed by atoms with Crippen molar-refractivity contribution in [2.45, 2.75) is 31.4 Å². The molecule has 1 amide bonds. The average molecular weight is 366 g/mol. The monoisotopic (exact) mass is 366 g/mol. The zero-order valence-corrected chi connectivity index (χ0v) is 15.2. The van der Waals surface area contributed by atoms with Gasteiger partial charge in [-0.05, 0) is 19.3 Å². The molecule has 1 aromatic heterocycles. The number of anilines is 1. The van der Waals surface area contributed by atoms with E-state index < -0.39 is 6.10 Å². The van der Waals surface area contributed by atoms with Crippen LogP contribution in [0.5, 0.6) is 11.9 Å². The van der Waals surface area contributed by atoms with Crippen LogP contribution in [0.15, 0.2) is 6.07 Å². The predicted molar refractivity (Wildman–Crippen MR) is 93.4 cm³/mol. The fraction of sp³-hybridized carbons (Fsp3) is 0.706. The summed E-state index contributed by atoms with van der Waals surface area (Å²) in [4.78, 5) is 22.9. The third kappa shape index (κ3) is 4.34. The Morgan fingerprint density at radius 2 is 2.04 bits per heavy atom. The van der Waals surface area contributed by atoms with Crippen LogP contribution in [0.25, 0.3) is 0 Å². The van der Waals surface area contributed by atoms with Gasteiger partial charge in [0.05, 0.1) is 26.4 Å². The van der Waals surface area contributed by atoms with Gasteiger partial charge in [0.25, 0.3) is 0 Å². The van der Waals surface area contributed by atoms with Crippen LogP contribution >= 0.6 is 0 Å². The Morgan fingerprint density at radius 3 is 2.73 bits per heavy atom. The number of nitrogens with zero attached hydrogens (tertiary/aromatic N) is 3.